The van der Waals surface area contributed by atoms with Crippen molar-refractivity contribution in [3.63, 3.8) is 0 Å². The first-order chi connectivity index (χ1) is 17.3. The number of nitrogens with one attached hydrogen (secondary N) is 2. The van der Waals surface area contributed by atoms with E-state index >= 15 is 0 Å². The zero-order valence-corrected chi connectivity index (χ0v) is 21.0. The van der Waals surface area contributed by atoms with Gasteiger partial charge in [-0.15, -0.1) is 0 Å². The topological polar surface area (TPSA) is 84.5 Å². The van der Waals surface area contributed by atoms with Crippen molar-refractivity contribution in [1.29, 1.82) is 0 Å². The van der Waals surface area contributed by atoms with Gasteiger partial charge in [0.05, 0.1) is 11.5 Å². The number of ether oxygens (including phenoxy) is 1. The van der Waals surface area contributed by atoms with E-state index in [1.165, 1.54) is 17.7 Å². The van der Waals surface area contributed by atoms with Crippen LogP contribution in [0.1, 0.15) is 27.0 Å². The monoisotopic (exact) mass is 500 g/mol. The Morgan fingerprint density at radius 1 is 0.778 bits per heavy atom. The van der Waals surface area contributed by atoms with Crippen molar-refractivity contribution in [2.24, 2.45) is 0 Å². The molecule has 0 aliphatic carbocycles. The summed E-state index contributed by atoms with van der Waals surface area (Å²) in [5, 5.41) is 2.79. The average molecular weight is 501 g/mol. The van der Waals surface area contributed by atoms with Gasteiger partial charge in [-0.05, 0) is 91.2 Å². The summed E-state index contributed by atoms with van der Waals surface area (Å²) < 4.78 is 33.8. The maximum absolute atomic E-state index is 12.7. The molecule has 0 atom stereocenters. The molecule has 0 spiro atoms. The minimum Gasteiger partial charge on any atom is -0.493 e. The van der Waals surface area contributed by atoms with Crippen LogP contribution in [0.3, 0.4) is 0 Å². The number of hydrogen-bond acceptors (Lipinski definition) is 4. The fraction of sp³-hybridized carbons (Fsp3) is 0.138. The second-order valence-corrected chi connectivity index (χ2v) is 10.2. The summed E-state index contributed by atoms with van der Waals surface area (Å²) in [6.45, 7) is 4.44. The molecular weight excluding hydrogens is 472 g/mol. The van der Waals surface area contributed by atoms with Gasteiger partial charge in [-0.2, -0.15) is 0 Å². The van der Waals surface area contributed by atoms with Crippen molar-refractivity contribution in [2.45, 2.75) is 25.2 Å². The molecule has 0 heterocycles. The smallest absolute Gasteiger partial charge is 0.261 e. The Balaban J connectivity index is 1.32. The standard InChI is InChI=1S/C29H28N2O4S/c1-21-8-11-26(20-22(21)2)31-36(33,34)28-16-12-25(13-17-28)30-29(32)24-9-14-27(15-10-24)35-19-18-23-6-4-3-5-7-23/h3-17,20,31H,18-19H2,1-2H3,(H,30,32). The first kappa shape index (κ1) is 25.0. The van der Waals surface area contributed by atoms with Gasteiger partial charge in [0.2, 0.25) is 0 Å². The molecule has 0 radical (unpaired) electrons. The van der Waals surface area contributed by atoms with E-state index in [1.54, 1.807) is 48.5 Å². The van der Waals surface area contributed by atoms with E-state index in [9.17, 15) is 13.2 Å². The summed E-state index contributed by atoms with van der Waals surface area (Å²) in [6.07, 6.45) is 0.801. The quantitative estimate of drug-likeness (QED) is 0.296. The highest BCUT2D eigenvalue weighted by Crippen LogP contribution is 2.21. The molecule has 7 heteroatoms. The number of hydrogen-bond donors (Lipinski definition) is 2. The van der Waals surface area contributed by atoms with Crippen LogP contribution in [0, 0.1) is 13.8 Å². The van der Waals surface area contributed by atoms with Gasteiger partial charge in [-0.3, -0.25) is 9.52 Å². The van der Waals surface area contributed by atoms with Gasteiger partial charge in [0.15, 0.2) is 0 Å². The van der Waals surface area contributed by atoms with Crippen LogP contribution in [0.5, 0.6) is 5.75 Å². The van der Waals surface area contributed by atoms with E-state index < -0.39 is 10.0 Å². The second-order valence-electron chi connectivity index (χ2n) is 8.49. The lowest BCUT2D eigenvalue weighted by Gasteiger charge is -2.11. The van der Waals surface area contributed by atoms with Gasteiger partial charge in [0.25, 0.3) is 15.9 Å². The number of benzene rings is 4. The number of sulfonamides is 1. The van der Waals surface area contributed by atoms with E-state index in [-0.39, 0.29) is 10.8 Å². The molecule has 0 aliphatic rings. The SMILES string of the molecule is Cc1ccc(NS(=O)(=O)c2ccc(NC(=O)c3ccc(OCCc4ccccc4)cc3)cc2)cc1C. The molecule has 0 bridgehead atoms. The van der Waals surface area contributed by atoms with Crippen molar-refractivity contribution in [1.82, 2.24) is 0 Å². The number of anilines is 2. The highest BCUT2D eigenvalue weighted by atomic mass is 32.2. The highest BCUT2D eigenvalue weighted by Gasteiger charge is 2.15. The van der Waals surface area contributed by atoms with Gasteiger partial charge in [0, 0.05) is 23.4 Å². The molecule has 36 heavy (non-hydrogen) atoms. The number of rotatable bonds is 9. The van der Waals surface area contributed by atoms with Gasteiger partial charge in [0.1, 0.15) is 5.75 Å². The molecule has 0 saturated carbocycles. The number of carbonyl (C=O) groups is 1. The summed E-state index contributed by atoms with van der Waals surface area (Å²) in [5.74, 6) is 0.392. The summed E-state index contributed by atoms with van der Waals surface area (Å²) in [7, 11) is -3.75. The van der Waals surface area contributed by atoms with Crippen molar-refractivity contribution < 1.29 is 17.9 Å². The Labute approximate surface area is 212 Å². The average Bonchev–Trinajstić information content (AvgIpc) is 2.87. The molecule has 6 nitrogen and oxygen atoms in total. The molecule has 0 unspecified atom stereocenters. The van der Waals surface area contributed by atoms with Crippen LogP contribution in [-0.4, -0.2) is 20.9 Å². The fourth-order valence-electron chi connectivity index (χ4n) is 3.57. The number of aryl methyl sites for hydroxylation is 2. The van der Waals surface area contributed by atoms with E-state index in [2.05, 4.69) is 22.2 Å². The lowest BCUT2D eigenvalue weighted by Crippen LogP contribution is -2.14. The molecule has 4 aromatic rings. The molecule has 2 N–H and O–H groups in total. The minimum absolute atomic E-state index is 0.107. The third-order valence-electron chi connectivity index (χ3n) is 5.80. The van der Waals surface area contributed by atoms with Crippen LogP contribution >= 0.6 is 0 Å². The van der Waals surface area contributed by atoms with Crippen LogP contribution < -0.4 is 14.8 Å². The van der Waals surface area contributed by atoms with Crippen LogP contribution in [0.4, 0.5) is 11.4 Å². The van der Waals surface area contributed by atoms with Crippen molar-refractivity contribution in [3.8, 4) is 5.75 Å². The van der Waals surface area contributed by atoms with E-state index in [4.69, 9.17) is 4.74 Å². The zero-order chi connectivity index (χ0) is 25.5. The Kier molecular flexibility index (Phi) is 7.71. The van der Waals surface area contributed by atoms with Crippen molar-refractivity contribution in [2.75, 3.05) is 16.6 Å². The fourth-order valence-corrected chi connectivity index (χ4v) is 4.62. The molecule has 184 valence electrons. The summed E-state index contributed by atoms with van der Waals surface area (Å²) in [4.78, 5) is 12.7. The Morgan fingerprint density at radius 2 is 1.44 bits per heavy atom. The lowest BCUT2D eigenvalue weighted by molar-refractivity contribution is 0.102. The predicted octanol–water partition coefficient (Wildman–Crippen LogP) is 5.98. The summed E-state index contributed by atoms with van der Waals surface area (Å²) in [5.41, 5.74) is 4.76. The molecule has 4 aromatic carbocycles. The van der Waals surface area contributed by atoms with Gasteiger partial charge < -0.3 is 10.1 Å². The maximum atomic E-state index is 12.7. The molecule has 0 aromatic heterocycles. The Hall–Kier alpha value is -4.10. The molecule has 4 rings (SSSR count). The zero-order valence-electron chi connectivity index (χ0n) is 20.2. The molecule has 0 aliphatic heterocycles. The predicted molar refractivity (Wildman–Crippen MR) is 143 cm³/mol. The first-order valence-corrected chi connectivity index (χ1v) is 13.1. The van der Waals surface area contributed by atoms with Gasteiger partial charge in [-0.1, -0.05) is 36.4 Å². The number of amides is 1. The van der Waals surface area contributed by atoms with Crippen LogP contribution in [-0.2, 0) is 16.4 Å². The minimum atomic E-state index is -3.75. The van der Waals surface area contributed by atoms with Crippen LogP contribution in [0.15, 0.2) is 102 Å². The molecular formula is C29H28N2O4S. The van der Waals surface area contributed by atoms with Crippen LogP contribution in [0.2, 0.25) is 0 Å². The van der Waals surface area contributed by atoms with Crippen molar-refractivity contribution >= 4 is 27.3 Å². The normalized spacial score (nSPS) is 11.1. The Bertz CT molecular complexity index is 1430. The van der Waals surface area contributed by atoms with Crippen molar-refractivity contribution in [3.05, 3.63) is 119 Å². The highest BCUT2D eigenvalue weighted by molar-refractivity contribution is 7.92. The number of carbonyl (C=O) groups excluding carboxylic acids is 1. The molecule has 1 amide bonds. The summed E-state index contributed by atoms with van der Waals surface area (Å²) >= 11 is 0. The second kappa shape index (κ2) is 11.1. The third-order valence-corrected chi connectivity index (χ3v) is 7.20. The third kappa shape index (κ3) is 6.52. The Morgan fingerprint density at radius 3 is 2.11 bits per heavy atom. The van der Waals surface area contributed by atoms with E-state index in [0.29, 0.717) is 29.3 Å². The largest absolute Gasteiger partial charge is 0.493 e. The van der Waals surface area contributed by atoms with Gasteiger partial charge >= 0.3 is 0 Å². The first-order valence-electron chi connectivity index (χ1n) is 11.6. The van der Waals surface area contributed by atoms with Gasteiger partial charge in [-0.25, -0.2) is 8.42 Å². The summed E-state index contributed by atoms with van der Waals surface area (Å²) in [6, 6.07) is 28.4. The maximum Gasteiger partial charge on any atom is 0.261 e. The van der Waals surface area contributed by atoms with Crippen LogP contribution in [0.25, 0.3) is 0 Å². The molecule has 0 fully saturated rings. The van der Waals surface area contributed by atoms with E-state index in [0.717, 1.165) is 17.5 Å². The lowest BCUT2D eigenvalue weighted by atomic mass is 10.1. The molecule has 0 saturated heterocycles. The van der Waals surface area contributed by atoms with E-state index in [1.807, 2.05) is 38.1 Å².